The lowest BCUT2D eigenvalue weighted by Crippen LogP contribution is -2.53. The number of carbonyl (C=O) groups is 1. The molecule has 0 unspecified atom stereocenters. The topological polar surface area (TPSA) is 92.7 Å². The summed E-state index contributed by atoms with van der Waals surface area (Å²) in [6.45, 7) is 20.8. The molecule has 0 radical (unpaired) electrons. The van der Waals surface area contributed by atoms with Gasteiger partial charge in [-0.05, 0) is 41.2 Å². The van der Waals surface area contributed by atoms with Crippen molar-refractivity contribution < 1.29 is 22.7 Å². The lowest BCUT2D eigenvalue weighted by molar-refractivity contribution is -0.124. The predicted molar refractivity (Wildman–Crippen MR) is 182 cm³/mol. The van der Waals surface area contributed by atoms with Crippen LogP contribution in [0.3, 0.4) is 0 Å². The number of aryl methyl sites for hydroxylation is 1. The third-order valence-electron chi connectivity index (χ3n) is 8.05. The number of benzene rings is 2. The first-order valence-corrected chi connectivity index (χ1v) is 19.5. The Morgan fingerprint density at radius 2 is 1.33 bits per heavy atom. The minimum Gasteiger partial charge on any atom is -0.401 e. The first kappa shape index (κ1) is 38.8. The highest BCUT2D eigenvalue weighted by molar-refractivity contribution is 7.90. The lowest BCUT2D eigenvalue weighted by atomic mass is 9.96. The first-order valence-electron chi connectivity index (χ1n) is 15.9. The summed E-state index contributed by atoms with van der Waals surface area (Å²) in [6, 6.07) is 15.6. The smallest absolute Gasteiger partial charge is 0.265 e. The molecule has 8 heteroatoms. The van der Waals surface area contributed by atoms with Crippen molar-refractivity contribution in [3.05, 3.63) is 77.9 Å². The van der Waals surface area contributed by atoms with Crippen LogP contribution in [0.1, 0.15) is 105 Å². The van der Waals surface area contributed by atoms with Crippen LogP contribution in [-0.2, 0) is 19.2 Å². The zero-order valence-electron chi connectivity index (χ0n) is 28.1. The second-order valence-electron chi connectivity index (χ2n) is 12.4. The van der Waals surface area contributed by atoms with Gasteiger partial charge in [-0.1, -0.05) is 148 Å². The number of hydrogen-bond donors (Lipinski definition) is 2. The fraction of sp³-hybridized carbons (Fsp3) is 0.571. The lowest BCUT2D eigenvalue weighted by Gasteiger charge is -2.43. The standard InChI is InChI=1S/C29H43NO5SSi.C6H14/c1-20(2)37(21(3)4,22(5)6)35-27(19-16-24(8)28(31)25-12-10-9-11-13-25)29(32)30-36(33,34)26-17-14-23(7)15-18-26;1-3-5-6-4-2/h9-22,24,27-28,31H,1-8H3,(H,30,32);3-6H2,1-2H3/b19-16-;/t24-,27+,28-;/m0./s1. The van der Waals surface area contributed by atoms with Crippen LogP contribution >= 0.6 is 0 Å². The Kier molecular flexibility index (Phi) is 16.7. The van der Waals surface area contributed by atoms with Gasteiger partial charge in [0.2, 0.25) is 8.32 Å². The number of sulfonamides is 1. The third-order valence-corrected chi connectivity index (χ3v) is 15.5. The molecule has 0 bridgehead atoms. The van der Waals surface area contributed by atoms with Gasteiger partial charge in [0, 0.05) is 5.92 Å². The average molecular weight is 632 g/mol. The molecule has 1 amide bonds. The number of carbonyl (C=O) groups excluding carboxylic acids is 1. The van der Waals surface area contributed by atoms with Crippen LogP contribution in [0.5, 0.6) is 0 Å². The van der Waals surface area contributed by atoms with Gasteiger partial charge < -0.3 is 9.53 Å². The van der Waals surface area contributed by atoms with E-state index in [0.29, 0.717) is 0 Å². The third kappa shape index (κ3) is 11.6. The Bertz CT molecular complexity index is 1180. The molecule has 0 saturated carbocycles. The van der Waals surface area contributed by atoms with E-state index in [2.05, 4.69) is 60.1 Å². The number of amides is 1. The summed E-state index contributed by atoms with van der Waals surface area (Å²) in [7, 11) is -6.63. The van der Waals surface area contributed by atoms with Gasteiger partial charge in [-0.3, -0.25) is 4.79 Å². The molecule has 0 heterocycles. The Hall–Kier alpha value is -2.26. The molecule has 242 valence electrons. The van der Waals surface area contributed by atoms with Crippen molar-refractivity contribution in [1.29, 1.82) is 0 Å². The van der Waals surface area contributed by atoms with E-state index < -0.39 is 36.5 Å². The molecule has 0 saturated heterocycles. The van der Waals surface area contributed by atoms with Crippen LogP contribution < -0.4 is 4.72 Å². The van der Waals surface area contributed by atoms with E-state index >= 15 is 0 Å². The number of hydrogen-bond acceptors (Lipinski definition) is 5. The van der Waals surface area contributed by atoms with Crippen LogP contribution in [0.15, 0.2) is 71.6 Å². The molecule has 43 heavy (non-hydrogen) atoms. The van der Waals surface area contributed by atoms with Crippen molar-refractivity contribution in [2.75, 3.05) is 0 Å². The highest BCUT2D eigenvalue weighted by atomic mass is 32.2. The Morgan fingerprint density at radius 3 is 1.77 bits per heavy atom. The minimum absolute atomic E-state index is 0.0159. The summed E-state index contributed by atoms with van der Waals surface area (Å²) in [5.74, 6) is -1.07. The van der Waals surface area contributed by atoms with Crippen molar-refractivity contribution in [2.24, 2.45) is 5.92 Å². The second-order valence-corrected chi connectivity index (χ2v) is 19.5. The minimum atomic E-state index is -4.08. The molecule has 3 atom stereocenters. The van der Waals surface area contributed by atoms with Gasteiger partial charge in [0.1, 0.15) is 6.10 Å². The zero-order valence-corrected chi connectivity index (χ0v) is 29.9. The molecule has 2 rings (SSSR count). The summed E-state index contributed by atoms with van der Waals surface area (Å²) in [6.07, 6.45) is 6.98. The van der Waals surface area contributed by atoms with Gasteiger partial charge >= 0.3 is 0 Å². The van der Waals surface area contributed by atoms with Crippen molar-refractivity contribution >= 4 is 24.2 Å². The molecule has 2 N–H and O–H groups in total. The quantitative estimate of drug-likeness (QED) is 0.116. The summed E-state index contributed by atoms with van der Waals surface area (Å²) in [5, 5.41) is 10.8. The van der Waals surface area contributed by atoms with Gasteiger partial charge in [0.05, 0.1) is 11.0 Å². The van der Waals surface area contributed by atoms with E-state index in [1.54, 1.807) is 24.3 Å². The first-order chi connectivity index (χ1) is 20.1. The Labute approximate surface area is 263 Å². The molecule has 2 aromatic rings. The molecule has 0 aromatic heterocycles. The monoisotopic (exact) mass is 631 g/mol. The maximum absolute atomic E-state index is 13.5. The number of aliphatic hydroxyl groups is 1. The molecule has 0 aliphatic rings. The molecule has 0 fully saturated rings. The van der Waals surface area contributed by atoms with E-state index in [1.165, 1.54) is 37.8 Å². The normalized spacial score (nSPS) is 14.5. The molecular weight excluding hydrogens is 575 g/mol. The van der Waals surface area contributed by atoms with E-state index in [1.807, 2.05) is 44.2 Å². The molecule has 0 aliphatic carbocycles. The average Bonchev–Trinajstić information content (AvgIpc) is 2.95. The van der Waals surface area contributed by atoms with Crippen molar-refractivity contribution in [3.8, 4) is 0 Å². The fourth-order valence-corrected chi connectivity index (χ4v) is 12.0. The predicted octanol–water partition coefficient (Wildman–Crippen LogP) is 8.87. The van der Waals surface area contributed by atoms with Crippen LogP contribution in [0.2, 0.25) is 16.6 Å². The largest absolute Gasteiger partial charge is 0.401 e. The molecular formula is C35H57NO5SSi. The number of aliphatic hydroxyl groups excluding tert-OH is 1. The van der Waals surface area contributed by atoms with Crippen LogP contribution in [0.4, 0.5) is 0 Å². The van der Waals surface area contributed by atoms with Gasteiger partial charge in [-0.25, -0.2) is 13.1 Å². The van der Waals surface area contributed by atoms with Crippen molar-refractivity contribution in [1.82, 2.24) is 4.72 Å². The highest BCUT2D eigenvalue weighted by Gasteiger charge is 2.47. The van der Waals surface area contributed by atoms with Crippen molar-refractivity contribution in [2.45, 2.75) is 129 Å². The van der Waals surface area contributed by atoms with Crippen LogP contribution in [0.25, 0.3) is 0 Å². The highest BCUT2D eigenvalue weighted by Crippen LogP contribution is 2.43. The SMILES string of the molecule is CCCCCC.Cc1ccc(S(=O)(=O)NC(=O)[C@@H](/C=C\[C@H](C)[C@H](O)c2ccccc2)O[Si](C(C)C)(C(C)C)C(C)C)cc1. The summed E-state index contributed by atoms with van der Waals surface area (Å²) in [4.78, 5) is 13.5. The molecule has 0 aliphatic heterocycles. The van der Waals surface area contributed by atoms with Crippen molar-refractivity contribution in [3.63, 3.8) is 0 Å². The van der Waals surface area contributed by atoms with E-state index in [-0.39, 0.29) is 27.4 Å². The van der Waals surface area contributed by atoms with Crippen LogP contribution in [-0.4, -0.2) is 33.9 Å². The van der Waals surface area contributed by atoms with Gasteiger partial charge in [0.15, 0.2) is 0 Å². The summed E-state index contributed by atoms with van der Waals surface area (Å²) < 4.78 is 35.0. The van der Waals surface area contributed by atoms with Gasteiger partial charge in [0.25, 0.3) is 15.9 Å². The number of nitrogens with one attached hydrogen (secondary N) is 1. The number of rotatable bonds is 15. The van der Waals surface area contributed by atoms with Gasteiger partial charge in [-0.2, -0.15) is 0 Å². The Morgan fingerprint density at radius 1 is 0.837 bits per heavy atom. The molecule has 0 spiro atoms. The van der Waals surface area contributed by atoms with E-state index in [9.17, 15) is 18.3 Å². The van der Waals surface area contributed by atoms with E-state index in [4.69, 9.17) is 4.43 Å². The maximum Gasteiger partial charge on any atom is 0.265 e. The Balaban J connectivity index is 0.00000139. The van der Waals surface area contributed by atoms with E-state index in [0.717, 1.165) is 11.1 Å². The molecule has 6 nitrogen and oxygen atoms in total. The molecule has 2 aromatic carbocycles. The summed E-state index contributed by atoms with van der Waals surface area (Å²) >= 11 is 0. The zero-order chi connectivity index (χ0) is 32.8. The maximum atomic E-state index is 13.5. The van der Waals surface area contributed by atoms with Crippen LogP contribution in [0, 0.1) is 12.8 Å². The number of unbranched alkanes of at least 4 members (excludes halogenated alkanes) is 3. The summed E-state index contributed by atoms with van der Waals surface area (Å²) in [5.41, 5.74) is 2.26. The van der Waals surface area contributed by atoms with Gasteiger partial charge in [-0.15, -0.1) is 0 Å². The second kappa shape index (κ2) is 18.5. The fourth-order valence-electron chi connectivity index (χ4n) is 5.61.